The summed E-state index contributed by atoms with van der Waals surface area (Å²) < 4.78 is 13.5. The number of fused-ring (bicyclic) bond motifs is 1. The van der Waals surface area contributed by atoms with Crippen LogP contribution in [0.25, 0.3) is 0 Å². The largest absolute Gasteiger partial charge is 0.328 e. The van der Waals surface area contributed by atoms with E-state index in [0.717, 1.165) is 37.1 Å². The molecule has 2 aromatic rings. The van der Waals surface area contributed by atoms with Crippen LogP contribution >= 0.6 is 0 Å². The number of carbonyl (C=O) groups excluding carboxylic acids is 1. The zero-order chi connectivity index (χ0) is 19.8. The Hall–Kier alpha value is -2.54. The summed E-state index contributed by atoms with van der Waals surface area (Å²) >= 11 is 0. The van der Waals surface area contributed by atoms with Gasteiger partial charge in [-0.2, -0.15) is 0 Å². The molecular formula is C21H25FN4O2. The number of benzene rings is 1. The lowest BCUT2D eigenvalue weighted by molar-refractivity contribution is 0.0728. The van der Waals surface area contributed by atoms with Crippen LogP contribution in [0.1, 0.15) is 60.2 Å². The predicted octanol–water partition coefficient (Wildman–Crippen LogP) is 2.65. The number of nitrogens with one attached hydrogen (secondary N) is 1. The highest BCUT2D eigenvalue weighted by Crippen LogP contribution is 2.31. The molecule has 1 N–H and O–H groups in total. The van der Waals surface area contributed by atoms with Gasteiger partial charge in [-0.05, 0) is 44.9 Å². The van der Waals surface area contributed by atoms with E-state index >= 15 is 0 Å². The van der Waals surface area contributed by atoms with Crippen LogP contribution in [0.5, 0.6) is 0 Å². The standard InChI is InChI=1S/C21H25FN4O2/c1-13(2)25-10-8-17-16(12-25)20(27)24-19(23-17)18-7-4-9-26(18)21(28)14-5-3-6-15(22)11-14/h3,5-6,11,13,18H,4,7-10,12H2,1-2H3,(H,23,24,27)/t18-/m0/s1. The van der Waals surface area contributed by atoms with Gasteiger partial charge < -0.3 is 9.88 Å². The van der Waals surface area contributed by atoms with Crippen LogP contribution in [0.2, 0.25) is 0 Å². The Labute approximate surface area is 163 Å². The first-order valence-electron chi connectivity index (χ1n) is 9.86. The number of carbonyl (C=O) groups is 1. The topological polar surface area (TPSA) is 69.3 Å². The molecular weight excluding hydrogens is 359 g/mol. The first-order chi connectivity index (χ1) is 13.4. The van der Waals surface area contributed by atoms with E-state index in [9.17, 15) is 14.0 Å². The minimum Gasteiger partial charge on any atom is -0.328 e. The first-order valence-corrected chi connectivity index (χ1v) is 9.86. The normalized spacial score (nSPS) is 19.9. The van der Waals surface area contributed by atoms with Crippen LogP contribution in [0, 0.1) is 5.82 Å². The van der Waals surface area contributed by atoms with Gasteiger partial charge in [0.2, 0.25) is 0 Å². The van der Waals surface area contributed by atoms with Crippen molar-refractivity contribution in [2.75, 3.05) is 13.1 Å². The maximum atomic E-state index is 13.5. The van der Waals surface area contributed by atoms with Gasteiger partial charge in [0.1, 0.15) is 11.6 Å². The Morgan fingerprint density at radius 3 is 2.89 bits per heavy atom. The van der Waals surface area contributed by atoms with E-state index in [1.54, 1.807) is 11.0 Å². The van der Waals surface area contributed by atoms with Crippen molar-refractivity contribution in [3.05, 3.63) is 63.1 Å². The van der Waals surface area contributed by atoms with Crippen molar-refractivity contribution in [3.63, 3.8) is 0 Å². The van der Waals surface area contributed by atoms with Crippen molar-refractivity contribution >= 4 is 5.91 Å². The Balaban J connectivity index is 1.63. The Morgan fingerprint density at radius 2 is 2.14 bits per heavy atom. The number of rotatable bonds is 3. The zero-order valence-corrected chi connectivity index (χ0v) is 16.2. The van der Waals surface area contributed by atoms with E-state index in [0.29, 0.717) is 30.5 Å². The van der Waals surface area contributed by atoms with Crippen LogP contribution in [0.15, 0.2) is 29.1 Å². The highest BCUT2D eigenvalue weighted by atomic mass is 19.1. The van der Waals surface area contributed by atoms with Crippen LogP contribution < -0.4 is 5.56 Å². The van der Waals surface area contributed by atoms with Crippen molar-refractivity contribution < 1.29 is 9.18 Å². The molecule has 6 nitrogen and oxygen atoms in total. The predicted molar refractivity (Wildman–Crippen MR) is 104 cm³/mol. The molecule has 0 bridgehead atoms. The Kier molecular flexibility index (Phi) is 5.02. The summed E-state index contributed by atoms with van der Waals surface area (Å²) in [6.45, 7) is 6.29. The summed E-state index contributed by atoms with van der Waals surface area (Å²) in [5.74, 6) is -0.117. The molecule has 3 heterocycles. The van der Waals surface area contributed by atoms with Gasteiger partial charge in [0.25, 0.3) is 11.5 Å². The van der Waals surface area contributed by atoms with E-state index in [-0.39, 0.29) is 17.5 Å². The molecule has 4 rings (SSSR count). The molecule has 0 unspecified atom stereocenters. The molecule has 0 radical (unpaired) electrons. The van der Waals surface area contributed by atoms with Crippen molar-refractivity contribution in [2.45, 2.75) is 51.7 Å². The van der Waals surface area contributed by atoms with E-state index in [4.69, 9.17) is 4.98 Å². The van der Waals surface area contributed by atoms with E-state index in [2.05, 4.69) is 23.7 Å². The summed E-state index contributed by atoms with van der Waals surface area (Å²) in [5, 5.41) is 0. The third kappa shape index (κ3) is 3.46. The highest BCUT2D eigenvalue weighted by molar-refractivity contribution is 5.94. The van der Waals surface area contributed by atoms with Crippen LogP contribution in [0.3, 0.4) is 0 Å². The average Bonchev–Trinajstić information content (AvgIpc) is 3.16. The van der Waals surface area contributed by atoms with Gasteiger partial charge in [0, 0.05) is 37.7 Å². The van der Waals surface area contributed by atoms with Gasteiger partial charge >= 0.3 is 0 Å². The Morgan fingerprint density at radius 1 is 1.32 bits per heavy atom. The van der Waals surface area contributed by atoms with Crippen molar-refractivity contribution in [3.8, 4) is 0 Å². The molecule has 1 saturated heterocycles. The maximum Gasteiger partial charge on any atom is 0.255 e. The summed E-state index contributed by atoms with van der Waals surface area (Å²) in [4.78, 5) is 37.3. The number of nitrogens with zero attached hydrogens (tertiary/aromatic N) is 3. The fourth-order valence-corrected chi connectivity index (χ4v) is 4.15. The second-order valence-electron chi connectivity index (χ2n) is 7.86. The van der Waals surface area contributed by atoms with Gasteiger partial charge in [-0.25, -0.2) is 9.37 Å². The lowest BCUT2D eigenvalue weighted by Crippen LogP contribution is -2.40. The van der Waals surface area contributed by atoms with Gasteiger partial charge in [0.05, 0.1) is 17.3 Å². The molecule has 2 aliphatic heterocycles. The lowest BCUT2D eigenvalue weighted by atomic mass is 10.0. The molecule has 1 amide bonds. The molecule has 1 fully saturated rings. The number of hydrogen-bond acceptors (Lipinski definition) is 4. The smallest absolute Gasteiger partial charge is 0.255 e. The SMILES string of the molecule is CC(C)N1CCc2nc([C@@H]3CCCN3C(=O)c3cccc(F)c3)[nH]c(=O)c2C1. The van der Waals surface area contributed by atoms with Gasteiger partial charge in [-0.1, -0.05) is 6.07 Å². The molecule has 1 aromatic heterocycles. The quantitative estimate of drug-likeness (QED) is 0.883. The fourth-order valence-electron chi connectivity index (χ4n) is 4.15. The van der Waals surface area contributed by atoms with Gasteiger partial charge in [0.15, 0.2) is 0 Å². The minimum absolute atomic E-state index is 0.115. The van der Waals surface area contributed by atoms with Crippen LogP contribution in [-0.4, -0.2) is 44.8 Å². The van der Waals surface area contributed by atoms with E-state index < -0.39 is 5.82 Å². The Bertz CT molecular complexity index is 956. The van der Waals surface area contributed by atoms with Gasteiger partial charge in [-0.15, -0.1) is 0 Å². The summed E-state index contributed by atoms with van der Waals surface area (Å²) in [7, 11) is 0. The molecule has 7 heteroatoms. The molecule has 28 heavy (non-hydrogen) atoms. The average molecular weight is 384 g/mol. The number of aromatic amines is 1. The van der Waals surface area contributed by atoms with Crippen molar-refractivity contribution in [1.82, 2.24) is 19.8 Å². The van der Waals surface area contributed by atoms with Crippen LogP contribution in [-0.2, 0) is 13.0 Å². The third-order valence-corrected chi connectivity index (χ3v) is 5.75. The van der Waals surface area contributed by atoms with Crippen LogP contribution in [0.4, 0.5) is 4.39 Å². The maximum absolute atomic E-state index is 13.5. The van der Waals surface area contributed by atoms with Crippen molar-refractivity contribution in [2.24, 2.45) is 0 Å². The number of amides is 1. The molecule has 1 aromatic carbocycles. The number of aromatic nitrogens is 2. The number of halogens is 1. The second kappa shape index (κ2) is 7.47. The molecule has 0 spiro atoms. The fraction of sp³-hybridized carbons (Fsp3) is 0.476. The summed E-state index contributed by atoms with van der Waals surface area (Å²) in [6, 6.07) is 5.82. The molecule has 148 valence electrons. The second-order valence-corrected chi connectivity index (χ2v) is 7.86. The number of hydrogen-bond donors (Lipinski definition) is 1. The van der Waals surface area contributed by atoms with E-state index in [1.807, 2.05) is 0 Å². The molecule has 0 aliphatic carbocycles. The van der Waals surface area contributed by atoms with Crippen molar-refractivity contribution in [1.29, 1.82) is 0 Å². The lowest BCUT2D eigenvalue weighted by Gasteiger charge is -2.31. The molecule has 0 saturated carbocycles. The molecule has 1 atom stereocenters. The summed E-state index contributed by atoms with van der Waals surface area (Å²) in [6.07, 6.45) is 2.30. The minimum atomic E-state index is -0.434. The third-order valence-electron chi connectivity index (χ3n) is 5.75. The highest BCUT2D eigenvalue weighted by Gasteiger charge is 2.33. The first kappa shape index (κ1) is 18.8. The van der Waals surface area contributed by atoms with E-state index in [1.165, 1.54) is 18.2 Å². The summed E-state index contributed by atoms with van der Waals surface area (Å²) in [5.41, 5.74) is 1.76. The van der Waals surface area contributed by atoms with Gasteiger partial charge in [-0.3, -0.25) is 14.5 Å². The zero-order valence-electron chi connectivity index (χ0n) is 16.2. The number of H-pyrrole nitrogens is 1. The monoisotopic (exact) mass is 384 g/mol. The molecule has 2 aliphatic rings. The number of likely N-dealkylation sites (tertiary alicyclic amines) is 1.